The molecular weight excluding hydrogens is 308 g/mol. The Hall–Kier alpha value is -1.82. The summed E-state index contributed by atoms with van der Waals surface area (Å²) in [5.74, 6) is 1.13. The van der Waals surface area contributed by atoms with Gasteiger partial charge in [0.2, 0.25) is 5.91 Å². The molecule has 0 saturated heterocycles. The third-order valence-electron chi connectivity index (χ3n) is 3.67. The summed E-state index contributed by atoms with van der Waals surface area (Å²) >= 11 is 1.48. The Morgan fingerprint density at radius 3 is 2.30 bits per heavy atom. The first-order valence-corrected chi connectivity index (χ1v) is 8.53. The molecule has 0 spiro atoms. The molecule has 1 unspecified atom stereocenters. The van der Waals surface area contributed by atoms with Crippen molar-refractivity contribution < 1.29 is 4.79 Å². The molecule has 23 heavy (non-hydrogen) atoms. The van der Waals surface area contributed by atoms with Crippen LogP contribution in [-0.4, -0.2) is 44.9 Å². The third-order valence-corrected chi connectivity index (χ3v) is 5.23. The molecule has 1 atom stereocenters. The Balaban J connectivity index is 2.27. The number of carbonyl (C=O) groups excluding carboxylic acids is 1. The fourth-order valence-corrected chi connectivity index (χ4v) is 3.35. The molecule has 1 heterocycles. The largest absolute Gasteiger partial charge is 0.348 e. The summed E-state index contributed by atoms with van der Waals surface area (Å²) in [5.41, 5.74) is 2.24. The van der Waals surface area contributed by atoms with Gasteiger partial charge in [0.1, 0.15) is 0 Å². The van der Waals surface area contributed by atoms with E-state index in [1.54, 1.807) is 19.0 Å². The summed E-state index contributed by atoms with van der Waals surface area (Å²) in [6.07, 6.45) is 0. The van der Waals surface area contributed by atoms with Crippen molar-refractivity contribution in [3.63, 3.8) is 0 Å². The zero-order valence-corrected chi connectivity index (χ0v) is 15.4. The number of carbonyl (C=O) groups is 1. The van der Waals surface area contributed by atoms with Gasteiger partial charge in [-0.3, -0.25) is 4.79 Å². The van der Waals surface area contributed by atoms with Gasteiger partial charge in [0, 0.05) is 26.7 Å². The summed E-state index contributed by atoms with van der Waals surface area (Å²) in [4.78, 5) is 14.0. The summed E-state index contributed by atoms with van der Waals surface area (Å²) < 4.78 is 1.95. The highest BCUT2D eigenvalue weighted by molar-refractivity contribution is 8.00. The van der Waals surface area contributed by atoms with E-state index >= 15 is 0 Å². The predicted molar refractivity (Wildman–Crippen MR) is 94.4 cm³/mol. The Kier molecular flexibility index (Phi) is 5.46. The summed E-state index contributed by atoms with van der Waals surface area (Å²) in [6.45, 7) is 6.16. The maximum absolute atomic E-state index is 12.4. The van der Waals surface area contributed by atoms with Crippen molar-refractivity contribution in [2.75, 3.05) is 14.1 Å². The number of amides is 1. The van der Waals surface area contributed by atoms with Gasteiger partial charge >= 0.3 is 0 Å². The van der Waals surface area contributed by atoms with E-state index in [0.29, 0.717) is 0 Å². The van der Waals surface area contributed by atoms with Crippen molar-refractivity contribution in [1.29, 1.82) is 0 Å². The van der Waals surface area contributed by atoms with Crippen LogP contribution in [0.25, 0.3) is 11.4 Å². The van der Waals surface area contributed by atoms with Gasteiger partial charge in [-0.25, -0.2) is 0 Å². The fraction of sp³-hybridized carbons (Fsp3) is 0.471. The maximum Gasteiger partial charge on any atom is 0.235 e. The van der Waals surface area contributed by atoms with Gasteiger partial charge in [0.15, 0.2) is 11.0 Å². The van der Waals surface area contributed by atoms with E-state index in [1.807, 2.05) is 23.7 Å². The zero-order valence-electron chi connectivity index (χ0n) is 14.6. The van der Waals surface area contributed by atoms with Crippen molar-refractivity contribution >= 4 is 17.7 Å². The number of aryl methyl sites for hydroxylation is 1. The van der Waals surface area contributed by atoms with Crippen LogP contribution in [0.5, 0.6) is 0 Å². The quantitative estimate of drug-likeness (QED) is 0.790. The topological polar surface area (TPSA) is 51.0 Å². The van der Waals surface area contributed by atoms with Gasteiger partial charge in [-0.05, 0) is 12.8 Å². The minimum Gasteiger partial charge on any atom is -0.348 e. The van der Waals surface area contributed by atoms with Crippen LogP contribution in [0.4, 0.5) is 0 Å². The molecule has 0 saturated carbocycles. The smallest absolute Gasteiger partial charge is 0.235 e. The lowest BCUT2D eigenvalue weighted by Crippen LogP contribution is -2.35. The Morgan fingerprint density at radius 2 is 1.78 bits per heavy atom. The van der Waals surface area contributed by atoms with Gasteiger partial charge < -0.3 is 9.47 Å². The molecule has 1 aromatic carbocycles. The highest BCUT2D eigenvalue weighted by Crippen LogP contribution is 2.30. The van der Waals surface area contributed by atoms with E-state index in [9.17, 15) is 4.79 Å². The lowest BCUT2D eigenvalue weighted by Gasteiger charge is -2.22. The van der Waals surface area contributed by atoms with Gasteiger partial charge in [-0.1, -0.05) is 55.4 Å². The highest BCUT2D eigenvalue weighted by atomic mass is 32.2. The molecule has 124 valence electrons. The number of aromatic nitrogens is 3. The van der Waals surface area contributed by atoms with Crippen LogP contribution in [0, 0.1) is 12.8 Å². The van der Waals surface area contributed by atoms with E-state index in [1.165, 1.54) is 17.3 Å². The second-order valence-electron chi connectivity index (χ2n) is 6.25. The van der Waals surface area contributed by atoms with E-state index in [-0.39, 0.29) is 17.1 Å². The molecule has 2 rings (SSSR count). The number of hydrogen-bond acceptors (Lipinski definition) is 4. The SMILES string of the molecule is Cc1ccc(-c2nnc(SC(C(=O)N(C)C)C(C)C)n2C)cc1. The van der Waals surface area contributed by atoms with Gasteiger partial charge in [0.05, 0.1) is 5.25 Å². The molecule has 1 aromatic heterocycles. The number of hydrogen-bond donors (Lipinski definition) is 0. The number of thioether (sulfide) groups is 1. The van der Waals surface area contributed by atoms with E-state index in [0.717, 1.165) is 16.5 Å². The lowest BCUT2D eigenvalue weighted by molar-refractivity contribution is -0.128. The molecule has 0 aliphatic rings. The molecule has 0 aliphatic carbocycles. The Bertz CT molecular complexity index is 676. The first-order chi connectivity index (χ1) is 10.8. The van der Waals surface area contributed by atoms with Crippen molar-refractivity contribution in [1.82, 2.24) is 19.7 Å². The number of rotatable bonds is 5. The molecule has 6 heteroatoms. The maximum atomic E-state index is 12.4. The van der Waals surface area contributed by atoms with E-state index < -0.39 is 0 Å². The first-order valence-electron chi connectivity index (χ1n) is 7.65. The van der Waals surface area contributed by atoms with Crippen LogP contribution < -0.4 is 0 Å². The molecular formula is C17H24N4OS. The summed E-state index contributed by atoms with van der Waals surface area (Å²) in [6, 6.07) is 8.20. The van der Waals surface area contributed by atoms with E-state index in [2.05, 4.69) is 43.1 Å². The molecule has 0 aliphatic heterocycles. The average Bonchev–Trinajstić information content (AvgIpc) is 2.85. The fourth-order valence-electron chi connectivity index (χ4n) is 2.21. The van der Waals surface area contributed by atoms with Gasteiger partial charge in [0.25, 0.3) is 0 Å². The summed E-state index contributed by atoms with van der Waals surface area (Å²) in [7, 11) is 5.51. The third kappa shape index (κ3) is 3.93. The predicted octanol–water partition coefficient (Wildman–Crippen LogP) is 3.00. The molecule has 0 bridgehead atoms. The highest BCUT2D eigenvalue weighted by Gasteiger charge is 2.27. The van der Waals surface area contributed by atoms with Gasteiger partial charge in [-0.2, -0.15) is 0 Å². The van der Waals surface area contributed by atoms with E-state index in [4.69, 9.17) is 0 Å². The first kappa shape index (κ1) is 17.5. The van der Waals surface area contributed by atoms with Crippen LogP contribution >= 0.6 is 11.8 Å². The minimum absolute atomic E-state index is 0.102. The molecule has 5 nitrogen and oxygen atoms in total. The Morgan fingerprint density at radius 1 is 1.17 bits per heavy atom. The zero-order chi connectivity index (χ0) is 17.1. The Labute approximate surface area is 142 Å². The second-order valence-corrected chi connectivity index (χ2v) is 7.36. The molecule has 0 N–H and O–H groups in total. The van der Waals surface area contributed by atoms with Crippen LogP contribution in [0.15, 0.2) is 29.4 Å². The molecule has 1 amide bonds. The lowest BCUT2D eigenvalue weighted by atomic mass is 10.1. The number of benzene rings is 1. The monoisotopic (exact) mass is 332 g/mol. The average molecular weight is 332 g/mol. The summed E-state index contributed by atoms with van der Waals surface area (Å²) in [5, 5.41) is 9.17. The van der Waals surface area contributed by atoms with Crippen molar-refractivity contribution in [3.05, 3.63) is 29.8 Å². The van der Waals surface area contributed by atoms with Crippen LogP contribution in [0.3, 0.4) is 0 Å². The van der Waals surface area contributed by atoms with Crippen LogP contribution in [-0.2, 0) is 11.8 Å². The second kappa shape index (κ2) is 7.17. The number of nitrogens with zero attached hydrogens (tertiary/aromatic N) is 4. The molecule has 0 fully saturated rings. The standard InChI is InChI=1S/C17H24N4OS/c1-11(2)14(16(22)20(4)5)23-17-19-18-15(21(17)6)13-9-7-12(3)8-10-13/h7-11,14H,1-6H3. The molecule has 2 aromatic rings. The van der Waals surface area contributed by atoms with Crippen LogP contribution in [0.1, 0.15) is 19.4 Å². The normalized spacial score (nSPS) is 12.5. The van der Waals surface area contributed by atoms with Crippen molar-refractivity contribution in [2.45, 2.75) is 31.2 Å². The van der Waals surface area contributed by atoms with Crippen molar-refractivity contribution in [3.8, 4) is 11.4 Å². The van der Waals surface area contributed by atoms with Crippen LogP contribution in [0.2, 0.25) is 0 Å². The molecule has 0 radical (unpaired) electrons. The minimum atomic E-state index is -0.168. The van der Waals surface area contributed by atoms with Crippen molar-refractivity contribution in [2.24, 2.45) is 13.0 Å². The van der Waals surface area contributed by atoms with Gasteiger partial charge in [-0.15, -0.1) is 10.2 Å².